The summed E-state index contributed by atoms with van der Waals surface area (Å²) in [4.78, 5) is 10.1. The monoisotopic (exact) mass is 201 g/mol. The third-order valence-electron chi connectivity index (χ3n) is 1.53. The summed E-state index contributed by atoms with van der Waals surface area (Å²) in [7, 11) is 0. The fourth-order valence-corrected chi connectivity index (χ4v) is 0.322. The highest BCUT2D eigenvalue weighted by molar-refractivity contribution is 5.77. The summed E-state index contributed by atoms with van der Waals surface area (Å²) in [6.45, 7) is 13.2. The van der Waals surface area contributed by atoms with E-state index in [4.69, 9.17) is 5.11 Å². The number of carbonyl (C=O) groups is 1. The predicted molar refractivity (Wildman–Crippen MR) is 60.4 cm³/mol. The number of nitrogens with one attached hydrogen (secondary N) is 1. The number of hydrogen-bond acceptors (Lipinski definition) is 3. The fourth-order valence-electron chi connectivity index (χ4n) is 0.322. The van der Waals surface area contributed by atoms with Gasteiger partial charge in [-0.25, -0.2) is 0 Å². The normalized spacial score (nSPS) is 9.64. The van der Waals surface area contributed by atoms with Gasteiger partial charge in [-0.2, -0.15) is 0 Å². The van der Waals surface area contributed by atoms with Crippen molar-refractivity contribution >= 4 is 5.78 Å². The Hall–Kier alpha value is -0.830. The van der Waals surface area contributed by atoms with E-state index in [2.05, 4.69) is 11.9 Å². The Kier molecular flexibility index (Phi) is 9.78. The van der Waals surface area contributed by atoms with E-state index in [-0.39, 0.29) is 17.5 Å². The topological polar surface area (TPSA) is 49.3 Å². The van der Waals surface area contributed by atoms with Gasteiger partial charge >= 0.3 is 0 Å². The summed E-state index contributed by atoms with van der Waals surface area (Å²) < 4.78 is 0. The first-order valence-corrected chi connectivity index (χ1v) is 4.88. The second-order valence-corrected chi connectivity index (χ2v) is 3.87. The van der Waals surface area contributed by atoms with E-state index in [1.807, 2.05) is 27.7 Å². The summed E-state index contributed by atoms with van der Waals surface area (Å²) >= 11 is 0. The van der Waals surface area contributed by atoms with Crippen molar-refractivity contribution in [2.75, 3.05) is 6.54 Å². The van der Waals surface area contributed by atoms with E-state index in [0.29, 0.717) is 12.6 Å². The molecule has 0 aliphatic carbocycles. The molecular weight excluding hydrogens is 178 g/mol. The van der Waals surface area contributed by atoms with Crippen LogP contribution >= 0.6 is 0 Å². The molecule has 0 aromatic rings. The molecule has 0 unspecified atom stereocenters. The third-order valence-corrected chi connectivity index (χ3v) is 1.53. The van der Waals surface area contributed by atoms with Crippen molar-refractivity contribution in [2.24, 2.45) is 5.92 Å². The molecule has 84 valence electrons. The molecule has 0 aliphatic heterocycles. The lowest BCUT2D eigenvalue weighted by Gasteiger charge is -2.04. The molecule has 0 radical (unpaired) electrons. The smallest absolute Gasteiger partial charge is 0.132 e. The van der Waals surface area contributed by atoms with Crippen LogP contribution in [0.3, 0.4) is 0 Å². The number of hydrogen-bond donors (Lipinski definition) is 2. The Morgan fingerprint density at radius 3 is 1.79 bits per heavy atom. The van der Waals surface area contributed by atoms with Crippen LogP contribution in [-0.2, 0) is 4.79 Å². The zero-order chi connectivity index (χ0) is 11.7. The first-order valence-electron chi connectivity index (χ1n) is 4.88. The lowest BCUT2D eigenvalue weighted by Crippen LogP contribution is -2.24. The lowest BCUT2D eigenvalue weighted by atomic mass is 10.1. The van der Waals surface area contributed by atoms with E-state index in [1.54, 1.807) is 6.92 Å². The molecule has 0 heterocycles. The highest BCUT2D eigenvalue weighted by atomic mass is 16.3. The van der Waals surface area contributed by atoms with Crippen LogP contribution in [0.15, 0.2) is 12.3 Å². The van der Waals surface area contributed by atoms with Gasteiger partial charge in [0.2, 0.25) is 0 Å². The van der Waals surface area contributed by atoms with Crippen LogP contribution in [-0.4, -0.2) is 23.5 Å². The van der Waals surface area contributed by atoms with Crippen LogP contribution < -0.4 is 5.32 Å². The van der Waals surface area contributed by atoms with Crippen molar-refractivity contribution in [2.45, 2.75) is 40.7 Å². The van der Waals surface area contributed by atoms with Crippen LogP contribution in [0.5, 0.6) is 0 Å². The minimum Gasteiger partial charge on any atom is -0.512 e. The molecule has 0 saturated heterocycles. The maximum absolute atomic E-state index is 10.1. The molecule has 0 spiro atoms. The number of aliphatic hydroxyl groups excluding tert-OH is 1. The number of rotatable bonds is 4. The fraction of sp³-hybridized carbons (Fsp3) is 0.727. The highest BCUT2D eigenvalue weighted by Gasteiger charge is 1.95. The standard InChI is InChI=1S/C6H13NO.C5H10O/c1-5(2)7-4-6(3)8;1-4(2)5(3)6/h5,7-8H,3-4H2,1-2H3;4H,1-3H3. The van der Waals surface area contributed by atoms with Gasteiger partial charge in [0.15, 0.2) is 0 Å². The number of Topliss-reactive ketones (excluding diaryl/α,β-unsaturated/α-hetero) is 1. The molecule has 3 heteroatoms. The molecule has 0 saturated carbocycles. The second-order valence-electron chi connectivity index (χ2n) is 3.87. The number of aliphatic hydroxyl groups is 1. The molecular formula is C11H23NO2. The van der Waals surface area contributed by atoms with Crippen molar-refractivity contribution in [1.29, 1.82) is 0 Å². The number of ketones is 1. The van der Waals surface area contributed by atoms with Crippen molar-refractivity contribution in [1.82, 2.24) is 5.32 Å². The Morgan fingerprint density at radius 1 is 1.36 bits per heavy atom. The highest BCUT2D eigenvalue weighted by Crippen LogP contribution is 1.89. The first-order chi connectivity index (χ1) is 6.27. The molecule has 0 bridgehead atoms. The average Bonchev–Trinajstić information content (AvgIpc) is 2.01. The first kappa shape index (κ1) is 15.6. The van der Waals surface area contributed by atoms with Crippen molar-refractivity contribution in [3.8, 4) is 0 Å². The molecule has 0 fully saturated rings. The van der Waals surface area contributed by atoms with Gasteiger partial charge in [-0.1, -0.05) is 34.3 Å². The molecule has 0 rings (SSSR count). The summed E-state index contributed by atoms with van der Waals surface area (Å²) in [5, 5.41) is 11.5. The maximum atomic E-state index is 10.1. The van der Waals surface area contributed by atoms with Gasteiger partial charge < -0.3 is 10.4 Å². The SMILES string of the molecule is C=C(O)CNC(C)C.CC(=O)C(C)C. The van der Waals surface area contributed by atoms with Crippen LogP contribution in [0, 0.1) is 5.92 Å². The van der Waals surface area contributed by atoms with Crippen molar-refractivity contribution in [3.63, 3.8) is 0 Å². The van der Waals surface area contributed by atoms with E-state index >= 15 is 0 Å². The Morgan fingerprint density at radius 2 is 1.71 bits per heavy atom. The van der Waals surface area contributed by atoms with Gasteiger partial charge in [-0.05, 0) is 6.92 Å². The largest absolute Gasteiger partial charge is 0.512 e. The van der Waals surface area contributed by atoms with E-state index in [9.17, 15) is 4.79 Å². The Labute approximate surface area is 87.2 Å². The summed E-state index contributed by atoms with van der Waals surface area (Å²) in [6, 6.07) is 0.416. The Balaban J connectivity index is 0. The van der Waals surface area contributed by atoms with Gasteiger partial charge in [0.1, 0.15) is 5.78 Å². The number of carbonyl (C=O) groups excluding carboxylic acids is 1. The van der Waals surface area contributed by atoms with E-state index in [0.717, 1.165) is 0 Å². The minimum atomic E-state index is 0.193. The quantitative estimate of drug-likeness (QED) is 0.686. The average molecular weight is 201 g/mol. The molecule has 0 aliphatic rings. The van der Waals surface area contributed by atoms with Crippen molar-refractivity contribution in [3.05, 3.63) is 12.3 Å². The lowest BCUT2D eigenvalue weighted by molar-refractivity contribution is -0.119. The van der Waals surface area contributed by atoms with Crippen LogP contribution in [0.2, 0.25) is 0 Å². The zero-order valence-corrected chi connectivity index (χ0v) is 9.92. The van der Waals surface area contributed by atoms with Crippen molar-refractivity contribution < 1.29 is 9.90 Å². The molecule has 0 atom stereocenters. The maximum Gasteiger partial charge on any atom is 0.132 e. The summed E-state index contributed by atoms with van der Waals surface area (Å²) in [5.41, 5.74) is 0. The second kappa shape index (κ2) is 8.75. The van der Waals surface area contributed by atoms with Crippen LogP contribution in [0.25, 0.3) is 0 Å². The van der Waals surface area contributed by atoms with Crippen LogP contribution in [0.4, 0.5) is 0 Å². The molecule has 14 heavy (non-hydrogen) atoms. The molecule has 0 aromatic carbocycles. The summed E-state index contributed by atoms with van der Waals surface area (Å²) in [6.07, 6.45) is 0. The third kappa shape index (κ3) is 17.3. The van der Waals surface area contributed by atoms with Gasteiger partial charge in [0, 0.05) is 12.0 Å². The zero-order valence-electron chi connectivity index (χ0n) is 9.92. The summed E-state index contributed by atoms with van der Waals surface area (Å²) in [5.74, 6) is 0.665. The minimum absolute atomic E-state index is 0.193. The molecule has 0 amide bonds. The Bertz CT molecular complexity index is 174. The van der Waals surface area contributed by atoms with Gasteiger partial charge in [0.25, 0.3) is 0 Å². The molecule has 0 aromatic heterocycles. The predicted octanol–water partition coefficient (Wildman–Crippen LogP) is 2.29. The van der Waals surface area contributed by atoms with Gasteiger partial charge in [0.05, 0.1) is 12.3 Å². The molecule has 2 N–H and O–H groups in total. The van der Waals surface area contributed by atoms with Crippen LogP contribution in [0.1, 0.15) is 34.6 Å². The van der Waals surface area contributed by atoms with Gasteiger partial charge in [-0.15, -0.1) is 0 Å². The van der Waals surface area contributed by atoms with E-state index < -0.39 is 0 Å². The van der Waals surface area contributed by atoms with Gasteiger partial charge in [-0.3, -0.25) is 4.79 Å². The van der Waals surface area contributed by atoms with E-state index in [1.165, 1.54) is 0 Å². The molecule has 3 nitrogen and oxygen atoms in total.